The summed E-state index contributed by atoms with van der Waals surface area (Å²) < 4.78 is 9.98. The Kier molecular flexibility index (Phi) is 4.26. The number of hydrogen-bond donors (Lipinski definition) is 1. The number of rotatable bonds is 3. The van der Waals surface area contributed by atoms with Crippen LogP contribution in [0.15, 0.2) is 41.1 Å². The summed E-state index contributed by atoms with van der Waals surface area (Å²) in [6, 6.07) is 9.33. The molecule has 20 heavy (non-hydrogen) atoms. The number of quaternary nitrogens is 1. The van der Waals surface area contributed by atoms with Crippen molar-refractivity contribution in [1.29, 1.82) is 0 Å². The van der Waals surface area contributed by atoms with Gasteiger partial charge in [-0.25, -0.2) is 4.79 Å². The number of benzene rings is 1. The van der Waals surface area contributed by atoms with Crippen LogP contribution in [0.5, 0.6) is 0 Å². The molecule has 1 aliphatic rings. The molecule has 2 aromatic rings. The molecule has 3 N–H and O–H groups in total. The van der Waals surface area contributed by atoms with E-state index in [0.717, 1.165) is 16.9 Å². The maximum Gasteiger partial charge on any atom is 0.414 e. The first-order valence-electron chi connectivity index (χ1n) is 6.06. The Labute approximate surface area is 121 Å². The SMILES string of the molecule is [Cl-].[NH3+]C[C@H]1CN(c2ccc(-c3ccon3)cc2)C(=O)O1. The van der Waals surface area contributed by atoms with Gasteiger partial charge in [0.15, 0.2) is 6.10 Å². The van der Waals surface area contributed by atoms with Gasteiger partial charge in [-0.15, -0.1) is 0 Å². The van der Waals surface area contributed by atoms with E-state index in [4.69, 9.17) is 9.26 Å². The van der Waals surface area contributed by atoms with E-state index in [2.05, 4.69) is 10.9 Å². The zero-order valence-electron chi connectivity index (χ0n) is 10.7. The third-order valence-corrected chi connectivity index (χ3v) is 3.11. The van der Waals surface area contributed by atoms with Gasteiger partial charge >= 0.3 is 6.09 Å². The van der Waals surface area contributed by atoms with Gasteiger partial charge in [-0.2, -0.15) is 0 Å². The minimum Gasteiger partial charge on any atom is -1.00 e. The molecule has 0 bridgehead atoms. The van der Waals surface area contributed by atoms with Crippen LogP contribution in [0.3, 0.4) is 0 Å². The van der Waals surface area contributed by atoms with Crippen molar-refractivity contribution in [2.45, 2.75) is 6.10 Å². The molecule has 7 heteroatoms. The highest BCUT2D eigenvalue weighted by Gasteiger charge is 2.32. The smallest absolute Gasteiger partial charge is 0.414 e. The fourth-order valence-corrected chi connectivity index (χ4v) is 2.06. The lowest BCUT2D eigenvalue weighted by Gasteiger charge is -2.12. The van der Waals surface area contributed by atoms with E-state index in [1.807, 2.05) is 24.3 Å². The first-order valence-corrected chi connectivity index (χ1v) is 6.06. The van der Waals surface area contributed by atoms with Gasteiger partial charge < -0.3 is 27.4 Å². The number of ether oxygens (including phenoxy) is 1. The Morgan fingerprint density at radius 3 is 2.60 bits per heavy atom. The molecule has 0 aliphatic carbocycles. The molecule has 1 amide bonds. The van der Waals surface area contributed by atoms with E-state index in [1.54, 1.807) is 11.0 Å². The van der Waals surface area contributed by atoms with Crippen LogP contribution in [0.4, 0.5) is 10.5 Å². The summed E-state index contributed by atoms with van der Waals surface area (Å²) in [5.74, 6) is 0. The lowest BCUT2D eigenvalue weighted by atomic mass is 10.1. The van der Waals surface area contributed by atoms with Crippen LogP contribution in [0.1, 0.15) is 0 Å². The van der Waals surface area contributed by atoms with Crippen molar-refractivity contribution in [3.05, 3.63) is 36.6 Å². The molecular weight excluding hydrogens is 282 g/mol. The monoisotopic (exact) mass is 295 g/mol. The van der Waals surface area contributed by atoms with Crippen LogP contribution in [-0.4, -0.2) is 30.4 Å². The van der Waals surface area contributed by atoms with Crippen LogP contribution in [0, 0.1) is 0 Å². The third-order valence-electron chi connectivity index (χ3n) is 3.11. The van der Waals surface area contributed by atoms with Crippen LogP contribution >= 0.6 is 0 Å². The van der Waals surface area contributed by atoms with Gasteiger partial charge in [0.25, 0.3) is 0 Å². The number of anilines is 1. The molecule has 1 aromatic carbocycles. The summed E-state index contributed by atoms with van der Waals surface area (Å²) in [5.41, 5.74) is 6.28. The first kappa shape index (κ1) is 14.4. The van der Waals surface area contributed by atoms with Crippen molar-refractivity contribution in [2.75, 3.05) is 18.0 Å². The third kappa shape index (κ3) is 2.61. The molecule has 1 aliphatic heterocycles. The van der Waals surface area contributed by atoms with Gasteiger partial charge in [-0.3, -0.25) is 4.90 Å². The van der Waals surface area contributed by atoms with Gasteiger partial charge in [0.1, 0.15) is 18.5 Å². The summed E-state index contributed by atoms with van der Waals surface area (Å²) in [4.78, 5) is 13.3. The summed E-state index contributed by atoms with van der Waals surface area (Å²) in [6.45, 7) is 1.13. The summed E-state index contributed by atoms with van der Waals surface area (Å²) in [5, 5.41) is 3.87. The maximum atomic E-state index is 11.7. The molecule has 0 spiro atoms. The number of amides is 1. The Bertz CT molecular complexity index is 571. The van der Waals surface area contributed by atoms with Crippen molar-refractivity contribution >= 4 is 11.8 Å². The Balaban J connectivity index is 0.00000147. The van der Waals surface area contributed by atoms with Crippen LogP contribution in [0.25, 0.3) is 11.3 Å². The van der Waals surface area contributed by atoms with E-state index in [0.29, 0.717) is 13.1 Å². The predicted octanol–water partition coefficient (Wildman–Crippen LogP) is -2.09. The van der Waals surface area contributed by atoms with Gasteiger partial charge in [-0.05, 0) is 12.1 Å². The molecule has 1 atom stereocenters. The number of hydrogen-bond acceptors (Lipinski definition) is 4. The van der Waals surface area contributed by atoms with E-state index in [1.165, 1.54) is 6.26 Å². The van der Waals surface area contributed by atoms with Gasteiger partial charge in [0.2, 0.25) is 0 Å². The molecule has 1 aromatic heterocycles. The number of nitrogens with zero attached hydrogens (tertiary/aromatic N) is 2. The minimum absolute atomic E-state index is 0. The van der Waals surface area contributed by atoms with E-state index in [-0.39, 0.29) is 24.6 Å². The number of halogens is 1. The molecule has 2 heterocycles. The van der Waals surface area contributed by atoms with Gasteiger partial charge in [0, 0.05) is 17.3 Å². The second kappa shape index (κ2) is 5.94. The fourth-order valence-electron chi connectivity index (χ4n) is 2.06. The molecular formula is C13H14ClN3O3. The van der Waals surface area contributed by atoms with Crippen LogP contribution in [0.2, 0.25) is 0 Å². The summed E-state index contributed by atoms with van der Waals surface area (Å²) >= 11 is 0. The predicted molar refractivity (Wildman–Crippen MR) is 67.3 cm³/mol. The van der Waals surface area contributed by atoms with Gasteiger partial charge in [-0.1, -0.05) is 17.3 Å². The Morgan fingerprint density at radius 1 is 1.30 bits per heavy atom. The lowest BCUT2D eigenvalue weighted by molar-refractivity contribution is -0.380. The Hall–Kier alpha value is -2.05. The summed E-state index contributed by atoms with van der Waals surface area (Å²) in [6.07, 6.45) is 1.09. The molecule has 0 saturated carbocycles. The molecule has 0 unspecified atom stereocenters. The minimum atomic E-state index is -0.317. The first-order chi connectivity index (χ1) is 9.28. The zero-order valence-corrected chi connectivity index (χ0v) is 11.4. The van der Waals surface area contributed by atoms with Crippen molar-refractivity contribution in [1.82, 2.24) is 5.16 Å². The van der Waals surface area contributed by atoms with E-state index >= 15 is 0 Å². The van der Waals surface area contributed by atoms with E-state index < -0.39 is 0 Å². The van der Waals surface area contributed by atoms with Crippen molar-refractivity contribution in [3.8, 4) is 11.3 Å². The number of cyclic esters (lactones) is 1. The second-order valence-corrected chi connectivity index (χ2v) is 4.34. The molecule has 6 nitrogen and oxygen atoms in total. The highest BCUT2D eigenvalue weighted by Crippen LogP contribution is 2.25. The lowest BCUT2D eigenvalue weighted by Crippen LogP contribution is -3.00. The van der Waals surface area contributed by atoms with Gasteiger partial charge in [0.05, 0.1) is 6.54 Å². The van der Waals surface area contributed by atoms with Crippen molar-refractivity contribution in [2.24, 2.45) is 0 Å². The normalized spacial score (nSPS) is 17.8. The number of aromatic nitrogens is 1. The standard InChI is InChI=1S/C13H13N3O3.ClH/c14-7-11-8-16(13(17)19-11)10-3-1-9(2-4-10)12-5-6-18-15-12;/h1-6,11H,7-8,14H2;1H/t11-;/m0./s1. The average molecular weight is 296 g/mol. The molecule has 3 rings (SSSR count). The molecule has 1 fully saturated rings. The highest BCUT2D eigenvalue weighted by atomic mass is 35.5. The zero-order chi connectivity index (χ0) is 13.2. The van der Waals surface area contributed by atoms with E-state index in [9.17, 15) is 4.79 Å². The highest BCUT2D eigenvalue weighted by molar-refractivity contribution is 5.90. The number of carbonyl (C=O) groups is 1. The Morgan fingerprint density at radius 2 is 2.05 bits per heavy atom. The van der Waals surface area contributed by atoms with Crippen LogP contribution < -0.4 is 23.0 Å². The quantitative estimate of drug-likeness (QED) is 0.704. The van der Waals surface area contributed by atoms with Crippen molar-refractivity contribution < 1.29 is 32.2 Å². The largest absolute Gasteiger partial charge is 1.00 e. The fraction of sp³-hybridized carbons (Fsp3) is 0.231. The molecule has 1 saturated heterocycles. The molecule has 106 valence electrons. The van der Waals surface area contributed by atoms with Crippen molar-refractivity contribution in [3.63, 3.8) is 0 Å². The van der Waals surface area contributed by atoms with Crippen LogP contribution in [-0.2, 0) is 4.74 Å². The molecule has 0 radical (unpaired) electrons. The summed E-state index contributed by atoms with van der Waals surface area (Å²) in [7, 11) is 0. The maximum absolute atomic E-state index is 11.7. The number of carbonyl (C=O) groups excluding carboxylic acids is 1. The topological polar surface area (TPSA) is 83.2 Å². The average Bonchev–Trinajstić information content (AvgIpc) is 3.08. The second-order valence-electron chi connectivity index (χ2n) is 4.34.